The normalized spacial score (nSPS) is 20.0. The van der Waals surface area contributed by atoms with Crippen LogP contribution in [-0.2, 0) is 10.0 Å². The summed E-state index contributed by atoms with van der Waals surface area (Å²) in [6.07, 6.45) is 0.726. The third kappa shape index (κ3) is 3.02. The number of nitrogen functional groups attached to an aromatic ring is 1. The lowest BCUT2D eigenvalue weighted by Crippen LogP contribution is -2.35. The molecular formula is C13H19N3O4S. The second-order valence-corrected chi connectivity index (χ2v) is 7.24. The lowest BCUT2D eigenvalue weighted by molar-refractivity contribution is 0.0692. The summed E-state index contributed by atoms with van der Waals surface area (Å²) in [5.41, 5.74) is 5.48. The highest BCUT2D eigenvalue weighted by molar-refractivity contribution is 7.89. The number of sulfonamides is 1. The lowest BCUT2D eigenvalue weighted by atomic mass is 10.2. The maximum Gasteiger partial charge on any atom is 0.337 e. The molecule has 0 spiro atoms. The number of aromatic carboxylic acids is 1. The molecule has 1 unspecified atom stereocenters. The molecule has 8 heteroatoms. The monoisotopic (exact) mass is 313 g/mol. The van der Waals surface area contributed by atoms with Gasteiger partial charge in [-0.3, -0.25) is 0 Å². The van der Waals surface area contributed by atoms with E-state index < -0.39 is 16.0 Å². The molecule has 0 saturated carbocycles. The summed E-state index contributed by atoms with van der Waals surface area (Å²) >= 11 is 0. The van der Waals surface area contributed by atoms with Crippen molar-refractivity contribution in [3.05, 3.63) is 23.8 Å². The largest absolute Gasteiger partial charge is 0.478 e. The quantitative estimate of drug-likeness (QED) is 0.774. The molecule has 1 aliphatic heterocycles. The van der Waals surface area contributed by atoms with Gasteiger partial charge in [0.15, 0.2) is 0 Å². The Labute approximate surface area is 124 Å². The zero-order chi connectivity index (χ0) is 15.8. The van der Waals surface area contributed by atoms with E-state index in [-0.39, 0.29) is 22.2 Å². The standard InChI is InChI=1S/C13H19N3O4S/c1-15(2)10-5-6-16(8-10)21(19,20)12-4-3-9(14)7-11(12)13(17)18/h3-4,7,10H,5-6,8,14H2,1-2H3,(H,17,18). The number of carboxylic acid groups (broad SMARTS) is 1. The van der Waals surface area contributed by atoms with Gasteiger partial charge in [0.05, 0.1) is 10.5 Å². The van der Waals surface area contributed by atoms with E-state index in [4.69, 9.17) is 5.73 Å². The van der Waals surface area contributed by atoms with Gasteiger partial charge in [0.2, 0.25) is 10.0 Å². The van der Waals surface area contributed by atoms with Gasteiger partial charge in [0, 0.05) is 24.8 Å². The number of rotatable bonds is 4. The summed E-state index contributed by atoms with van der Waals surface area (Å²) in [4.78, 5) is 13.0. The average molecular weight is 313 g/mol. The number of hydrogen-bond acceptors (Lipinski definition) is 5. The number of hydrogen-bond donors (Lipinski definition) is 2. The molecule has 0 bridgehead atoms. The van der Waals surface area contributed by atoms with Gasteiger partial charge in [-0.15, -0.1) is 0 Å². The van der Waals surface area contributed by atoms with Crippen LogP contribution in [0, 0.1) is 0 Å². The molecule has 1 saturated heterocycles. The van der Waals surface area contributed by atoms with Crippen LogP contribution in [0.1, 0.15) is 16.8 Å². The molecule has 0 aromatic heterocycles. The molecular weight excluding hydrogens is 294 g/mol. The van der Waals surface area contributed by atoms with E-state index in [1.165, 1.54) is 22.5 Å². The van der Waals surface area contributed by atoms with Gasteiger partial charge >= 0.3 is 5.97 Å². The first-order chi connectivity index (χ1) is 9.73. The van der Waals surface area contributed by atoms with E-state index in [1.807, 2.05) is 19.0 Å². The summed E-state index contributed by atoms with van der Waals surface area (Å²) in [6, 6.07) is 3.98. The fourth-order valence-electron chi connectivity index (χ4n) is 2.43. The van der Waals surface area contributed by atoms with Crippen LogP contribution >= 0.6 is 0 Å². The van der Waals surface area contributed by atoms with Crippen LogP contribution in [0.5, 0.6) is 0 Å². The van der Waals surface area contributed by atoms with E-state index in [0.717, 1.165) is 6.42 Å². The second kappa shape index (κ2) is 5.63. The van der Waals surface area contributed by atoms with Gasteiger partial charge in [0.1, 0.15) is 0 Å². The van der Waals surface area contributed by atoms with Gasteiger partial charge < -0.3 is 15.7 Å². The van der Waals surface area contributed by atoms with Crippen LogP contribution in [0.2, 0.25) is 0 Å². The molecule has 1 aromatic carbocycles. The van der Waals surface area contributed by atoms with Crippen molar-refractivity contribution in [1.29, 1.82) is 0 Å². The summed E-state index contributed by atoms with van der Waals surface area (Å²) in [6.45, 7) is 0.743. The Hall–Kier alpha value is -1.64. The summed E-state index contributed by atoms with van der Waals surface area (Å²) in [5, 5.41) is 9.19. The molecule has 0 aliphatic carbocycles. The van der Waals surface area contributed by atoms with Crippen molar-refractivity contribution in [2.24, 2.45) is 0 Å². The van der Waals surface area contributed by atoms with Crippen molar-refractivity contribution in [2.45, 2.75) is 17.4 Å². The van der Waals surface area contributed by atoms with Gasteiger partial charge in [-0.05, 0) is 38.7 Å². The summed E-state index contributed by atoms with van der Waals surface area (Å²) in [7, 11) is -0.0363. The van der Waals surface area contributed by atoms with E-state index in [0.29, 0.717) is 13.1 Å². The van der Waals surface area contributed by atoms with Crippen molar-refractivity contribution in [1.82, 2.24) is 9.21 Å². The topological polar surface area (TPSA) is 104 Å². The number of carboxylic acids is 1. The van der Waals surface area contributed by atoms with Crippen LogP contribution in [0.3, 0.4) is 0 Å². The Balaban J connectivity index is 2.39. The Kier molecular flexibility index (Phi) is 4.22. The molecule has 21 heavy (non-hydrogen) atoms. The first-order valence-corrected chi connectivity index (χ1v) is 7.97. The Morgan fingerprint density at radius 3 is 2.62 bits per heavy atom. The van der Waals surface area contributed by atoms with Crippen molar-refractivity contribution >= 4 is 21.7 Å². The predicted octanol–water partition coefficient (Wildman–Crippen LogP) is 0.292. The maximum absolute atomic E-state index is 12.6. The summed E-state index contributed by atoms with van der Waals surface area (Å²) < 4.78 is 26.6. The zero-order valence-corrected chi connectivity index (χ0v) is 12.8. The predicted molar refractivity (Wildman–Crippen MR) is 78.7 cm³/mol. The summed E-state index contributed by atoms with van der Waals surface area (Å²) in [5.74, 6) is -1.30. The van der Waals surface area contributed by atoms with Crippen LogP contribution < -0.4 is 5.73 Å². The highest BCUT2D eigenvalue weighted by Crippen LogP contribution is 2.26. The molecule has 1 heterocycles. The van der Waals surface area contributed by atoms with Gasteiger partial charge in [0.25, 0.3) is 0 Å². The van der Waals surface area contributed by atoms with E-state index in [9.17, 15) is 18.3 Å². The minimum Gasteiger partial charge on any atom is -0.478 e. The molecule has 2 rings (SSSR count). The third-order valence-electron chi connectivity index (χ3n) is 3.71. The highest BCUT2D eigenvalue weighted by atomic mass is 32.2. The smallest absolute Gasteiger partial charge is 0.337 e. The van der Waals surface area contributed by atoms with Gasteiger partial charge in [-0.25, -0.2) is 13.2 Å². The first-order valence-electron chi connectivity index (χ1n) is 6.53. The van der Waals surface area contributed by atoms with Crippen molar-refractivity contribution in [2.75, 3.05) is 32.9 Å². The number of nitrogens with two attached hydrogens (primary N) is 1. The fraction of sp³-hybridized carbons (Fsp3) is 0.462. The molecule has 1 aromatic rings. The molecule has 0 amide bonds. The number of nitrogens with zero attached hydrogens (tertiary/aromatic N) is 2. The van der Waals surface area contributed by atoms with Crippen molar-refractivity contribution < 1.29 is 18.3 Å². The molecule has 0 radical (unpaired) electrons. The minimum absolute atomic E-state index is 0.141. The van der Waals surface area contributed by atoms with Gasteiger partial charge in [-0.1, -0.05) is 0 Å². The van der Waals surface area contributed by atoms with Crippen molar-refractivity contribution in [3.63, 3.8) is 0 Å². The minimum atomic E-state index is -3.83. The Morgan fingerprint density at radius 2 is 2.10 bits per heavy atom. The third-order valence-corrected chi connectivity index (χ3v) is 5.63. The van der Waals surface area contributed by atoms with E-state index in [1.54, 1.807) is 0 Å². The van der Waals surface area contributed by atoms with Crippen LogP contribution in [-0.4, -0.2) is 61.9 Å². The van der Waals surface area contributed by atoms with Crippen molar-refractivity contribution in [3.8, 4) is 0 Å². The molecule has 7 nitrogen and oxygen atoms in total. The number of likely N-dealkylation sites (N-methyl/N-ethyl adjacent to an activating group) is 1. The molecule has 1 atom stereocenters. The average Bonchev–Trinajstić information content (AvgIpc) is 2.88. The van der Waals surface area contributed by atoms with E-state index >= 15 is 0 Å². The second-order valence-electron chi connectivity index (χ2n) is 5.33. The lowest BCUT2D eigenvalue weighted by Gasteiger charge is -2.21. The zero-order valence-electron chi connectivity index (χ0n) is 12.0. The SMILES string of the molecule is CN(C)C1CCN(S(=O)(=O)c2ccc(N)cc2C(=O)O)C1. The first kappa shape index (κ1) is 15.7. The maximum atomic E-state index is 12.6. The molecule has 1 fully saturated rings. The fourth-order valence-corrected chi connectivity index (χ4v) is 4.09. The molecule has 1 aliphatic rings. The highest BCUT2D eigenvalue weighted by Gasteiger charge is 2.35. The number of benzene rings is 1. The number of anilines is 1. The van der Waals surface area contributed by atoms with Crippen LogP contribution in [0.25, 0.3) is 0 Å². The van der Waals surface area contributed by atoms with Gasteiger partial charge in [-0.2, -0.15) is 4.31 Å². The Bertz CT molecular complexity index is 657. The Morgan fingerprint density at radius 1 is 1.43 bits per heavy atom. The molecule has 3 N–H and O–H groups in total. The van der Waals surface area contributed by atoms with Crippen LogP contribution in [0.15, 0.2) is 23.1 Å². The van der Waals surface area contributed by atoms with E-state index in [2.05, 4.69) is 0 Å². The molecule has 116 valence electrons. The number of carbonyl (C=O) groups is 1. The van der Waals surface area contributed by atoms with Crippen LogP contribution in [0.4, 0.5) is 5.69 Å².